The van der Waals surface area contributed by atoms with E-state index in [0.717, 1.165) is 42.4 Å². The quantitative estimate of drug-likeness (QED) is 0.891. The van der Waals surface area contributed by atoms with Crippen molar-refractivity contribution in [3.63, 3.8) is 0 Å². The Morgan fingerprint density at radius 2 is 2.13 bits per heavy atom. The molecule has 0 aliphatic carbocycles. The molecule has 5 heteroatoms. The number of hydrogen-bond donors (Lipinski definition) is 1. The van der Waals surface area contributed by atoms with Crippen LogP contribution in [-0.4, -0.2) is 24.0 Å². The van der Waals surface area contributed by atoms with Gasteiger partial charge in [0.05, 0.1) is 6.54 Å². The van der Waals surface area contributed by atoms with Crippen molar-refractivity contribution in [3.05, 3.63) is 47.5 Å². The molecule has 1 amide bonds. The summed E-state index contributed by atoms with van der Waals surface area (Å²) >= 11 is 0. The Hall–Kier alpha value is -2.30. The van der Waals surface area contributed by atoms with Crippen LogP contribution < -0.4 is 10.2 Å². The first-order valence-corrected chi connectivity index (χ1v) is 8.22. The summed E-state index contributed by atoms with van der Waals surface area (Å²) in [4.78, 5) is 18.7. The van der Waals surface area contributed by atoms with Crippen LogP contribution in [0.1, 0.15) is 36.3 Å². The van der Waals surface area contributed by atoms with Gasteiger partial charge in [-0.1, -0.05) is 0 Å². The molecular formula is C18H23N3O2. The molecule has 1 aliphatic heterocycles. The summed E-state index contributed by atoms with van der Waals surface area (Å²) in [5, 5.41) is 2.89. The van der Waals surface area contributed by atoms with Gasteiger partial charge in [-0.25, -0.2) is 4.98 Å². The molecule has 0 bridgehead atoms. The minimum absolute atomic E-state index is 0.0404. The maximum absolute atomic E-state index is 12.0. The standard InChI is InChI=1S/C18H23N3O2/c1-14-4-6-16(23-14)13-20-18(22)7-5-15-8-9-19-17(12-15)21-10-2-3-11-21/h4,6,8-9,12H,2-3,5,7,10-11,13H2,1H3,(H,20,22). The number of furan rings is 1. The van der Waals surface area contributed by atoms with Crippen molar-refractivity contribution in [1.82, 2.24) is 10.3 Å². The van der Waals surface area contributed by atoms with Crippen molar-refractivity contribution >= 4 is 11.7 Å². The zero-order valence-corrected chi connectivity index (χ0v) is 13.5. The third kappa shape index (κ3) is 4.34. The van der Waals surface area contributed by atoms with Crippen molar-refractivity contribution in [2.75, 3.05) is 18.0 Å². The van der Waals surface area contributed by atoms with Gasteiger partial charge >= 0.3 is 0 Å². The molecule has 0 saturated carbocycles. The molecule has 122 valence electrons. The average Bonchev–Trinajstić information content (AvgIpc) is 3.23. The number of aromatic nitrogens is 1. The summed E-state index contributed by atoms with van der Waals surface area (Å²) in [5.74, 6) is 2.72. The topological polar surface area (TPSA) is 58.4 Å². The lowest BCUT2D eigenvalue weighted by Crippen LogP contribution is -2.23. The lowest BCUT2D eigenvalue weighted by atomic mass is 10.1. The maximum Gasteiger partial charge on any atom is 0.220 e. The third-order valence-corrected chi connectivity index (χ3v) is 4.14. The largest absolute Gasteiger partial charge is 0.465 e. The van der Waals surface area contributed by atoms with E-state index in [2.05, 4.69) is 21.3 Å². The van der Waals surface area contributed by atoms with Crippen molar-refractivity contribution in [2.24, 2.45) is 0 Å². The van der Waals surface area contributed by atoms with Crippen molar-refractivity contribution < 1.29 is 9.21 Å². The highest BCUT2D eigenvalue weighted by Gasteiger charge is 2.13. The second-order valence-electron chi connectivity index (χ2n) is 6.01. The Morgan fingerprint density at radius 1 is 1.30 bits per heavy atom. The van der Waals surface area contributed by atoms with E-state index < -0.39 is 0 Å². The minimum Gasteiger partial charge on any atom is -0.465 e. The van der Waals surface area contributed by atoms with Gasteiger partial charge in [-0.2, -0.15) is 0 Å². The Labute approximate surface area is 136 Å². The minimum atomic E-state index is 0.0404. The Kier molecular flexibility index (Phi) is 4.95. The van der Waals surface area contributed by atoms with Gasteiger partial charge in [-0.05, 0) is 56.0 Å². The molecule has 5 nitrogen and oxygen atoms in total. The SMILES string of the molecule is Cc1ccc(CNC(=O)CCc2ccnc(N3CCCC3)c2)o1. The molecule has 0 unspecified atom stereocenters. The van der Waals surface area contributed by atoms with Crippen molar-refractivity contribution in [3.8, 4) is 0 Å². The lowest BCUT2D eigenvalue weighted by Gasteiger charge is -2.16. The van der Waals surface area contributed by atoms with Crippen LogP contribution in [-0.2, 0) is 17.8 Å². The fraction of sp³-hybridized carbons (Fsp3) is 0.444. The second-order valence-corrected chi connectivity index (χ2v) is 6.01. The average molecular weight is 313 g/mol. The highest BCUT2D eigenvalue weighted by atomic mass is 16.3. The van der Waals surface area contributed by atoms with Gasteiger partial charge in [0.15, 0.2) is 0 Å². The maximum atomic E-state index is 12.0. The fourth-order valence-corrected chi connectivity index (χ4v) is 2.85. The number of carbonyl (C=O) groups is 1. The van der Waals surface area contributed by atoms with Crippen molar-refractivity contribution in [2.45, 2.75) is 39.2 Å². The van der Waals surface area contributed by atoms with E-state index in [9.17, 15) is 4.79 Å². The number of nitrogens with one attached hydrogen (secondary N) is 1. The van der Waals surface area contributed by atoms with E-state index in [-0.39, 0.29) is 5.91 Å². The number of pyridine rings is 1. The molecular weight excluding hydrogens is 290 g/mol. The molecule has 1 aliphatic rings. The Morgan fingerprint density at radius 3 is 2.87 bits per heavy atom. The number of aryl methyl sites for hydroxylation is 2. The van der Waals surface area contributed by atoms with E-state index in [1.807, 2.05) is 31.3 Å². The predicted octanol–water partition coefficient (Wildman–Crippen LogP) is 2.83. The third-order valence-electron chi connectivity index (χ3n) is 4.14. The molecule has 0 atom stereocenters. The normalized spacial score (nSPS) is 14.2. The Balaban J connectivity index is 1.47. The van der Waals surface area contributed by atoms with E-state index in [0.29, 0.717) is 13.0 Å². The lowest BCUT2D eigenvalue weighted by molar-refractivity contribution is -0.121. The molecule has 1 N–H and O–H groups in total. The summed E-state index contributed by atoms with van der Waals surface area (Å²) in [5.41, 5.74) is 1.16. The highest BCUT2D eigenvalue weighted by molar-refractivity contribution is 5.76. The highest BCUT2D eigenvalue weighted by Crippen LogP contribution is 2.19. The van der Waals surface area contributed by atoms with E-state index in [1.165, 1.54) is 12.8 Å². The van der Waals surface area contributed by atoms with Gasteiger partial charge in [0.1, 0.15) is 17.3 Å². The smallest absolute Gasteiger partial charge is 0.220 e. The first kappa shape index (κ1) is 15.6. The van der Waals surface area contributed by atoms with Gasteiger partial charge in [0.25, 0.3) is 0 Å². The van der Waals surface area contributed by atoms with Crippen LogP contribution in [0.2, 0.25) is 0 Å². The molecule has 3 rings (SSSR count). The number of hydrogen-bond acceptors (Lipinski definition) is 4. The first-order valence-electron chi connectivity index (χ1n) is 8.22. The van der Waals surface area contributed by atoms with Crippen LogP contribution in [0, 0.1) is 6.92 Å². The van der Waals surface area contributed by atoms with Crippen LogP contribution in [0.3, 0.4) is 0 Å². The molecule has 0 spiro atoms. The molecule has 23 heavy (non-hydrogen) atoms. The van der Waals surface area contributed by atoms with Crippen LogP contribution in [0.25, 0.3) is 0 Å². The van der Waals surface area contributed by atoms with Gasteiger partial charge in [0.2, 0.25) is 5.91 Å². The van der Waals surface area contributed by atoms with Crippen LogP contribution >= 0.6 is 0 Å². The summed E-state index contributed by atoms with van der Waals surface area (Å²) in [6.07, 6.45) is 5.52. The van der Waals surface area contributed by atoms with E-state index in [4.69, 9.17) is 4.42 Å². The monoisotopic (exact) mass is 313 g/mol. The van der Waals surface area contributed by atoms with Crippen LogP contribution in [0.15, 0.2) is 34.9 Å². The zero-order valence-electron chi connectivity index (χ0n) is 13.5. The molecule has 1 fully saturated rings. The van der Waals surface area contributed by atoms with Gasteiger partial charge < -0.3 is 14.6 Å². The zero-order chi connectivity index (χ0) is 16.1. The molecule has 0 aromatic carbocycles. The van der Waals surface area contributed by atoms with Gasteiger partial charge in [-0.15, -0.1) is 0 Å². The van der Waals surface area contributed by atoms with E-state index >= 15 is 0 Å². The molecule has 2 aromatic rings. The summed E-state index contributed by atoms with van der Waals surface area (Å²) in [6, 6.07) is 7.89. The Bertz CT molecular complexity index is 660. The summed E-state index contributed by atoms with van der Waals surface area (Å²) in [7, 11) is 0. The number of rotatable bonds is 6. The molecule has 1 saturated heterocycles. The molecule has 0 radical (unpaired) electrons. The van der Waals surface area contributed by atoms with E-state index in [1.54, 1.807) is 0 Å². The fourth-order valence-electron chi connectivity index (χ4n) is 2.85. The van der Waals surface area contributed by atoms with Gasteiger partial charge in [-0.3, -0.25) is 4.79 Å². The summed E-state index contributed by atoms with van der Waals surface area (Å²) in [6.45, 7) is 4.51. The molecule has 3 heterocycles. The second kappa shape index (κ2) is 7.31. The van der Waals surface area contributed by atoms with Gasteiger partial charge in [0, 0.05) is 25.7 Å². The van der Waals surface area contributed by atoms with Crippen molar-refractivity contribution in [1.29, 1.82) is 0 Å². The number of anilines is 1. The predicted molar refractivity (Wildman–Crippen MR) is 89.3 cm³/mol. The number of carbonyl (C=O) groups excluding carboxylic acids is 1. The number of amides is 1. The van der Waals surface area contributed by atoms with Crippen LogP contribution in [0.5, 0.6) is 0 Å². The van der Waals surface area contributed by atoms with Crippen LogP contribution in [0.4, 0.5) is 5.82 Å². The number of nitrogens with zero attached hydrogens (tertiary/aromatic N) is 2. The summed E-state index contributed by atoms with van der Waals surface area (Å²) < 4.78 is 5.44. The molecule has 2 aromatic heterocycles. The first-order chi connectivity index (χ1) is 11.2.